The van der Waals surface area contributed by atoms with Crippen LogP contribution < -0.4 is 10.7 Å². The van der Waals surface area contributed by atoms with Crippen molar-refractivity contribution in [3.8, 4) is 0 Å². The van der Waals surface area contributed by atoms with Gasteiger partial charge in [0.1, 0.15) is 0 Å². The maximum atomic E-state index is 13.2. The molecule has 0 aliphatic carbocycles. The van der Waals surface area contributed by atoms with Crippen LogP contribution in [0.25, 0.3) is 0 Å². The van der Waals surface area contributed by atoms with Crippen LogP contribution in [0.5, 0.6) is 0 Å². The van der Waals surface area contributed by atoms with Gasteiger partial charge in [0.25, 0.3) is 11.8 Å². The molecule has 0 radical (unpaired) electrons. The van der Waals surface area contributed by atoms with Gasteiger partial charge in [-0.3, -0.25) is 9.59 Å². The molecule has 1 aromatic heterocycles. The van der Waals surface area contributed by atoms with E-state index >= 15 is 0 Å². The molecular formula is C27H23N3O4. The molecule has 4 aromatic rings. The van der Waals surface area contributed by atoms with Gasteiger partial charge < -0.3 is 14.8 Å². The number of nitrogens with one attached hydrogen (secondary N) is 2. The molecule has 0 bridgehead atoms. The first-order chi connectivity index (χ1) is 16.5. The highest BCUT2D eigenvalue weighted by atomic mass is 16.3. The number of hydrogen-bond donors (Lipinski definition) is 3. The lowest BCUT2D eigenvalue weighted by Crippen LogP contribution is -2.43. The number of rotatable bonds is 7. The summed E-state index contributed by atoms with van der Waals surface area (Å²) in [7, 11) is 0. The van der Waals surface area contributed by atoms with Gasteiger partial charge in [0.05, 0.1) is 12.0 Å². The van der Waals surface area contributed by atoms with Crippen LogP contribution in [-0.4, -0.2) is 22.6 Å². The van der Waals surface area contributed by atoms with Gasteiger partial charge in [-0.2, -0.15) is 5.10 Å². The minimum absolute atomic E-state index is 0.217. The Kier molecular flexibility index (Phi) is 6.66. The van der Waals surface area contributed by atoms with Crippen molar-refractivity contribution in [2.24, 2.45) is 5.10 Å². The molecule has 1 heterocycles. The second-order valence-electron chi connectivity index (χ2n) is 7.59. The molecule has 34 heavy (non-hydrogen) atoms. The number of hydrogen-bond acceptors (Lipinski definition) is 5. The van der Waals surface area contributed by atoms with Crippen LogP contribution in [0.1, 0.15) is 34.2 Å². The Bertz CT molecular complexity index is 1240. The predicted octanol–water partition coefficient (Wildman–Crippen LogP) is 4.31. The molecule has 0 aliphatic rings. The zero-order valence-electron chi connectivity index (χ0n) is 18.4. The van der Waals surface area contributed by atoms with E-state index in [1.54, 1.807) is 91.9 Å². The van der Waals surface area contributed by atoms with Crippen molar-refractivity contribution in [1.82, 2.24) is 5.43 Å². The van der Waals surface area contributed by atoms with Crippen molar-refractivity contribution < 1.29 is 19.1 Å². The molecule has 3 N–H and O–H groups in total. The SMILES string of the molecule is C/C(=N/NC(=O)C(O)(c1ccccc1)c1ccccc1)c1ccc(NC(=O)c2ccco2)cc1. The van der Waals surface area contributed by atoms with Gasteiger partial charge in [0.2, 0.25) is 0 Å². The number of aliphatic hydroxyl groups is 1. The van der Waals surface area contributed by atoms with E-state index in [0.717, 1.165) is 5.56 Å². The molecule has 0 spiro atoms. The molecule has 0 unspecified atom stereocenters. The topological polar surface area (TPSA) is 104 Å². The molecule has 170 valence electrons. The minimum Gasteiger partial charge on any atom is -0.459 e. The fourth-order valence-electron chi connectivity index (χ4n) is 3.46. The highest BCUT2D eigenvalue weighted by molar-refractivity contribution is 6.03. The number of benzene rings is 3. The summed E-state index contributed by atoms with van der Waals surface area (Å²) in [6.45, 7) is 1.74. The molecule has 7 nitrogen and oxygen atoms in total. The number of anilines is 1. The summed E-state index contributed by atoms with van der Waals surface area (Å²) in [6.07, 6.45) is 1.43. The van der Waals surface area contributed by atoms with Gasteiger partial charge >= 0.3 is 0 Å². The van der Waals surface area contributed by atoms with Crippen LogP contribution in [0.3, 0.4) is 0 Å². The van der Waals surface area contributed by atoms with Crippen LogP contribution in [0, 0.1) is 0 Å². The lowest BCUT2D eigenvalue weighted by Gasteiger charge is -2.27. The van der Waals surface area contributed by atoms with Crippen LogP contribution in [0.2, 0.25) is 0 Å². The maximum absolute atomic E-state index is 13.2. The Balaban J connectivity index is 1.50. The third-order valence-electron chi connectivity index (χ3n) is 5.34. The van der Waals surface area contributed by atoms with Crippen LogP contribution in [-0.2, 0) is 10.4 Å². The number of carbonyl (C=O) groups is 2. The van der Waals surface area contributed by atoms with Gasteiger partial charge in [0, 0.05) is 5.69 Å². The summed E-state index contributed by atoms with van der Waals surface area (Å²) >= 11 is 0. The predicted molar refractivity (Wildman–Crippen MR) is 129 cm³/mol. The number of furan rings is 1. The molecule has 4 rings (SSSR count). The average Bonchev–Trinajstić information content (AvgIpc) is 3.43. The van der Waals surface area contributed by atoms with E-state index in [2.05, 4.69) is 15.8 Å². The Morgan fingerprint density at radius 2 is 1.41 bits per heavy atom. The summed E-state index contributed by atoms with van der Waals surface area (Å²) in [6, 6.07) is 27.7. The molecule has 3 aromatic carbocycles. The highest BCUT2D eigenvalue weighted by Crippen LogP contribution is 2.29. The van der Waals surface area contributed by atoms with Crippen LogP contribution >= 0.6 is 0 Å². The zero-order valence-corrected chi connectivity index (χ0v) is 18.4. The van der Waals surface area contributed by atoms with Gasteiger partial charge in [-0.15, -0.1) is 0 Å². The monoisotopic (exact) mass is 453 g/mol. The van der Waals surface area contributed by atoms with Crippen molar-refractivity contribution in [3.05, 3.63) is 126 Å². The van der Waals surface area contributed by atoms with E-state index in [1.807, 2.05) is 12.1 Å². The van der Waals surface area contributed by atoms with E-state index in [9.17, 15) is 14.7 Å². The van der Waals surface area contributed by atoms with Gasteiger partial charge in [-0.25, -0.2) is 5.43 Å². The van der Waals surface area contributed by atoms with Crippen molar-refractivity contribution in [1.29, 1.82) is 0 Å². The van der Waals surface area contributed by atoms with Crippen molar-refractivity contribution >= 4 is 23.2 Å². The number of amides is 2. The Labute approximate surface area is 196 Å². The standard InChI is InChI=1S/C27H23N3O4/c1-19(20-14-16-23(17-15-20)28-25(31)24-13-8-18-34-24)29-30-26(32)27(33,21-9-4-2-5-10-21)22-11-6-3-7-12-22/h2-18,33H,1H3,(H,28,31)(H,30,32)/b29-19-. The third-order valence-corrected chi connectivity index (χ3v) is 5.34. The summed E-state index contributed by atoms with van der Waals surface area (Å²) < 4.78 is 5.08. The second kappa shape index (κ2) is 9.97. The molecule has 0 atom stereocenters. The summed E-state index contributed by atoms with van der Waals surface area (Å²) in [5.41, 5.74) is 3.31. The number of hydrazone groups is 1. The van der Waals surface area contributed by atoms with E-state index in [4.69, 9.17) is 4.42 Å². The Morgan fingerprint density at radius 1 is 0.824 bits per heavy atom. The summed E-state index contributed by atoms with van der Waals surface area (Å²) in [5, 5.41) is 18.4. The fourth-order valence-corrected chi connectivity index (χ4v) is 3.46. The van der Waals surface area contributed by atoms with Crippen molar-refractivity contribution in [2.75, 3.05) is 5.32 Å². The second-order valence-corrected chi connectivity index (χ2v) is 7.59. The third kappa shape index (κ3) is 4.79. The largest absolute Gasteiger partial charge is 0.459 e. The smallest absolute Gasteiger partial charge is 0.291 e. The summed E-state index contributed by atoms with van der Waals surface area (Å²) in [5.74, 6) is -0.808. The summed E-state index contributed by atoms with van der Waals surface area (Å²) in [4.78, 5) is 25.3. The Morgan fingerprint density at radius 3 is 1.94 bits per heavy atom. The quantitative estimate of drug-likeness (QED) is 0.287. The highest BCUT2D eigenvalue weighted by Gasteiger charge is 2.39. The van der Waals surface area contributed by atoms with Crippen LogP contribution in [0.15, 0.2) is 113 Å². The first kappa shape index (κ1) is 22.7. The lowest BCUT2D eigenvalue weighted by atomic mass is 9.85. The van der Waals surface area contributed by atoms with Crippen molar-refractivity contribution in [2.45, 2.75) is 12.5 Å². The minimum atomic E-state index is -1.91. The first-order valence-electron chi connectivity index (χ1n) is 10.6. The fraction of sp³-hybridized carbons (Fsp3) is 0.0741. The zero-order chi connectivity index (χ0) is 24.0. The molecule has 0 saturated heterocycles. The van der Waals surface area contributed by atoms with E-state index in [1.165, 1.54) is 6.26 Å². The van der Waals surface area contributed by atoms with Gasteiger partial charge in [-0.1, -0.05) is 72.8 Å². The average molecular weight is 453 g/mol. The van der Waals surface area contributed by atoms with E-state index in [-0.39, 0.29) is 11.7 Å². The van der Waals surface area contributed by atoms with Gasteiger partial charge in [-0.05, 0) is 47.9 Å². The maximum Gasteiger partial charge on any atom is 0.291 e. The first-order valence-corrected chi connectivity index (χ1v) is 10.6. The molecule has 0 aliphatic heterocycles. The van der Waals surface area contributed by atoms with E-state index in [0.29, 0.717) is 22.5 Å². The van der Waals surface area contributed by atoms with Crippen LogP contribution in [0.4, 0.5) is 5.69 Å². The molecule has 0 fully saturated rings. The van der Waals surface area contributed by atoms with Gasteiger partial charge in [0.15, 0.2) is 11.4 Å². The molecule has 2 amide bonds. The van der Waals surface area contributed by atoms with Crippen molar-refractivity contribution in [3.63, 3.8) is 0 Å². The normalized spacial score (nSPS) is 11.6. The number of carbonyl (C=O) groups excluding carboxylic acids is 2. The Hall–Kier alpha value is -4.49. The molecule has 7 heteroatoms. The lowest BCUT2D eigenvalue weighted by molar-refractivity contribution is -0.136. The molecular weight excluding hydrogens is 430 g/mol. The number of nitrogens with zero attached hydrogens (tertiary/aromatic N) is 1. The molecule has 0 saturated carbocycles. The van der Waals surface area contributed by atoms with E-state index < -0.39 is 11.5 Å².